The second kappa shape index (κ2) is 8.58. The molecule has 1 aliphatic heterocycles. The van der Waals surface area contributed by atoms with Crippen molar-refractivity contribution in [1.29, 1.82) is 0 Å². The van der Waals surface area contributed by atoms with Crippen LogP contribution in [0.2, 0.25) is 0 Å². The number of hydrogen-bond donors (Lipinski definition) is 0. The number of halogens is 1. The van der Waals surface area contributed by atoms with E-state index < -0.39 is 0 Å². The summed E-state index contributed by atoms with van der Waals surface area (Å²) in [5.41, 5.74) is 2.59. The molecule has 5 nitrogen and oxygen atoms in total. The van der Waals surface area contributed by atoms with Crippen LogP contribution >= 0.6 is 0 Å². The second-order valence-electron chi connectivity index (χ2n) is 6.17. The molecule has 0 bridgehead atoms. The molecule has 6 heteroatoms. The van der Waals surface area contributed by atoms with Gasteiger partial charge in [0.05, 0.1) is 12.3 Å². The van der Waals surface area contributed by atoms with Gasteiger partial charge in [-0.2, -0.15) is 0 Å². The highest BCUT2D eigenvalue weighted by atomic mass is 19.1. The lowest BCUT2D eigenvalue weighted by Crippen LogP contribution is -2.39. The molecule has 0 saturated heterocycles. The molecule has 3 rings (SSSR count). The highest BCUT2D eigenvalue weighted by molar-refractivity contribution is 6.01. The summed E-state index contributed by atoms with van der Waals surface area (Å²) in [4.78, 5) is 19.5. The van der Waals surface area contributed by atoms with Gasteiger partial charge in [0.1, 0.15) is 12.4 Å². The molecular weight excluding hydrogens is 335 g/mol. The Morgan fingerprint density at radius 1 is 1.27 bits per heavy atom. The topological polar surface area (TPSA) is 51.1 Å². The van der Waals surface area contributed by atoms with Crippen molar-refractivity contribution in [3.05, 3.63) is 71.5 Å². The first-order valence-electron chi connectivity index (χ1n) is 8.45. The Labute approximate surface area is 152 Å². The van der Waals surface area contributed by atoms with Crippen LogP contribution in [0.25, 0.3) is 0 Å². The van der Waals surface area contributed by atoms with Gasteiger partial charge in [-0.3, -0.25) is 4.79 Å². The highest BCUT2D eigenvalue weighted by Gasteiger charge is 2.26. The van der Waals surface area contributed by atoms with Crippen molar-refractivity contribution in [1.82, 2.24) is 4.90 Å². The number of nitrogens with zero attached hydrogens (tertiary/aromatic N) is 2. The summed E-state index contributed by atoms with van der Waals surface area (Å²) < 4.78 is 18.4. The molecule has 1 amide bonds. The van der Waals surface area contributed by atoms with E-state index in [1.807, 2.05) is 30.3 Å². The zero-order valence-electron chi connectivity index (χ0n) is 14.6. The minimum atomic E-state index is -0.326. The zero-order valence-corrected chi connectivity index (χ0v) is 14.6. The van der Waals surface area contributed by atoms with Gasteiger partial charge in [-0.1, -0.05) is 47.6 Å². The summed E-state index contributed by atoms with van der Waals surface area (Å²) in [5, 5.41) is 4.15. The quantitative estimate of drug-likeness (QED) is 0.766. The third-order valence-electron chi connectivity index (χ3n) is 4.15. The predicted octanol–water partition coefficient (Wildman–Crippen LogP) is 2.99. The van der Waals surface area contributed by atoms with Crippen molar-refractivity contribution in [3.8, 4) is 0 Å². The summed E-state index contributed by atoms with van der Waals surface area (Å²) >= 11 is 0. The summed E-state index contributed by atoms with van der Waals surface area (Å²) in [7, 11) is 1.47. The highest BCUT2D eigenvalue weighted by Crippen LogP contribution is 2.19. The van der Waals surface area contributed by atoms with Crippen LogP contribution in [0.5, 0.6) is 0 Å². The van der Waals surface area contributed by atoms with Crippen molar-refractivity contribution in [2.45, 2.75) is 19.1 Å². The minimum absolute atomic E-state index is 0.0333. The summed E-state index contributed by atoms with van der Waals surface area (Å²) in [6, 6.07) is 16.0. The fraction of sp³-hybridized carbons (Fsp3) is 0.300. The molecule has 26 heavy (non-hydrogen) atoms. The van der Waals surface area contributed by atoms with E-state index in [1.54, 1.807) is 17.0 Å². The molecule has 0 fully saturated rings. The SMILES string of the molecule is COCC(=O)N(Cc1cccc(F)c1)CC1CC(c2ccccc2)=NO1. The van der Waals surface area contributed by atoms with E-state index in [0.29, 0.717) is 19.5 Å². The number of carbonyl (C=O) groups excluding carboxylic acids is 1. The molecule has 136 valence electrons. The molecule has 2 aromatic carbocycles. The molecule has 1 atom stereocenters. The Hall–Kier alpha value is -2.73. The van der Waals surface area contributed by atoms with E-state index in [1.165, 1.54) is 19.2 Å². The number of hydrogen-bond acceptors (Lipinski definition) is 4. The van der Waals surface area contributed by atoms with E-state index in [9.17, 15) is 9.18 Å². The van der Waals surface area contributed by atoms with Gasteiger partial charge >= 0.3 is 0 Å². The second-order valence-corrected chi connectivity index (χ2v) is 6.17. The van der Waals surface area contributed by atoms with Gasteiger partial charge in [-0.05, 0) is 23.3 Å². The Balaban J connectivity index is 1.66. The van der Waals surface area contributed by atoms with Gasteiger partial charge in [0.2, 0.25) is 5.91 Å². The first-order valence-corrected chi connectivity index (χ1v) is 8.45. The van der Waals surface area contributed by atoms with Crippen LogP contribution in [0, 0.1) is 5.82 Å². The summed E-state index contributed by atoms with van der Waals surface area (Å²) in [5.74, 6) is -0.498. The van der Waals surface area contributed by atoms with Crippen molar-refractivity contribution < 1.29 is 18.8 Å². The molecule has 1 unspecified atom stereocenters. The van der Waals surface area contributed by atoms with Gasteiger partial charge in [0, 0.05) is 20.1 Å². The molecule has 1 heterocycles. The summed E-state index contributed by atoms with van der Waals surface area (Å²) in [6.07, 6.45) is 0.378. The maximum atomic E-state index is 13.4. The van der Waals surface area contributed by atoms with Gasteiger partial charge in [-0.25, -0.2) is 4.39 Å². The lowest BCUT2D eigenvalue weighted by molar-refractivity contribution is -0.137. The first-order chi connectivity index (χ1) is 12.7. The number of benzene rings is 2. The normalized spacial score (nSPS) is 16.1. The van der Waals surface area contributed by atoms with E-state index in [-0.39, 0.29) is 24.4 Å². The standard InChI is InChI=1S/C20H21FN2O3/c1-25-14-20(24)23(12-15-6-5-9-17(21)10-15)13-18-11-19(22-26-18)16-7-3-2-4-8-16/h2-10,18H,11-14H2,1H3. The van der Waals surface area contributed by atoms with Gasteiger partial charge in [0.25, 0.3) is 0 Å². The van der Waals surface area contributed by atoms with Crippen LogP contribution in [0.15, 0.2) is 59.8 Å². The Bertz CT molecular complexity index is 780. The predicted molar refractivity (Wildman–Crippen MR) is 96.2 cm³/mol. The van der Waals surface area contributed by atoms with Crippen LogP contribution in [0.1, 0.15) is 17.5 Å². The molecular formula is C20H21FN2O3. The molecule has 0 radical (unpaired) electrons. The molecule has 0 saturated carbocycles. The first kappa shape index (κ1) is 18.1. The minimum Gasteiger partial charge on any atom is -0.390 e. The van der Waals surface area contributed by atoms with Crippen LogP contribution in [0.3, 0.4) is 0 Å². The Morgan fingerprint density at radius 2 is 2.08 bits per heavy atom. The van der Waals surface area contributed by atoms with E-state index >= 15 is 0 Å². The van der Waals surface area contributed by atoms with Crippen molar-refractivity contribution in [2.75, 3.05) is 20.3 Å². The van der Waals surface area contributed by atoms with Gasteiger partial charge in [0.15, 0.2) is 6.10 Å². The van der Waals surface area contributed by atoms with Crippen LogP contribution < -0.4 is 0 Å². The molecule has 0 aliphatic carbocycles. The maximum absolute atomic E-state index is 13.4. The van der Waals surface area contributed by atoms with E-state index in [0.717, 1.165) is 16.8 Å². The summed E-state index contributed by atoms with van der Waals surface area (Å²) in [6.45, 7) is 0.619. The molecule has 2 aromatic rings. The van der Waals surface area contributed by atoms with Crippen LogP contribution in [0.4, 0.5) is 4.39 Å². The van der Waals surface area contributed by atoms with Crippen LogP contribution in [-0.2, 0) is 20.9 Å². The van der Waals surface area contributed by atoms with E-state index in [2.05, 4.69) is 5.16 Å². The smallest absolute Gasteiger partial charge is 0.248 e. The molecule has 1 aliphatic rings. The fourth-order valence-corrected chi connectivity index (χ4v) is 2.90. The van der Waals surface area contributed by atoms with Gasteiger partial charge in [-0.15, -0.1) is 0 Å². The number of ether oxygens (including phenoxy) is 1. The lowest BCUT2D eigenvalue weighted by atomic mass is 10.0. The molecule has 0 N–H and O–H groups in total. The maximum Gasteiger partial charge on any atom is 0.248 e. The Morgan fingerprint density at radius 3 is 2.81 bits per heavy atom. The third kappa shape index (κ3) is 4.67. The number of rotatable bonds is 7. The van der Waals surface area contributed by atoms with Crippen molar-refractivity contribution >= 4 is 11.6 Å². The van der Waals surface area contributed by atoms with Crippen molar-refractivity contribution in [3.63, 3.8) is 0 Å². The third-order valence-corrected chi connectivity index (χ3v) is 4.15. The van der Waals surface area contributed by atoms with Crippen LogP contribution in [-0.4, -0.2) is 42.9 Å². The van der Waals surface area contributed by atoms with E-state index in [4.69, 9.17) is 9.57 Å². The largest absolute Gasteiger partial charge is 0.390 e. The van der Waals surface area contributed by atoms with Crippen molar-refractivity contribution in [2.24, 2.45) is 5.16 Å². The fourth-order valence-electron chi connectivity index (χ4n) is 2.90. The monoisotopic (exact) mass is 356 g/mol. The lowest BCUT2D eigenvalue weighted by Gasteiger charge is -2.24. The number of methoxy groups -OCH3 is 1. The van der Waals surface area contributed by atoms with Gasteiger partial charge < -0.3 is 14.5 Å². The average molecular weight is 356 g/mol. The molecule has 0 aromatic heterocycles. The number of carbonyl (C=O) groups is 1. The molecule has 0 spiro atoms. The number of amides is 1. The Kier molecular flexibility index (Phi) is 5.96. The zero-order chi connectivity index (χ0) is 18.4. The average Bonchev–Trinajstić information content (AvgIpc) is 3.11. The number of oxime groups is 1.